The van der Waals surface area contributed by atoms with Gasteiger partial charge in [0, 0.05) is 17.5 Å². The molecule has 1 aromatic heterocycles. The summed E-state index contributed by atoms with van der Waals surface area (Å²) < 4.78 is 0. The number of nitrogens with one attached hydrogen (secondary N) is 1. The van der Waals surface area contributed by atoms with E-state index < -0.39 is 5.97 Å². The number of halogens is 2. The number of benzene rings is 2. The highest BCUT2D eigenvalue weighted by Gasteiger charge is 2.15. The molecule has 0 saturated heterocycles. The molecule has 1 aliphatic carbocycles. The number of aromatic amines is 1. The summed E-state index contributed by atoms with van der Waals surface area (Å²) in [5, 5.41) is 20.0. The van der Waals surface area contributed by atoms with Gasteiger partial charge in [0.05, 0.1) is 26.7 Å². The fourth-order valence-electron chi connectivity index (χ4n) is 3.29. The number of aromatic hydroxyl groups is 1. The molecular weight excluding hydrogens is 411 g/mol. The van der Waals surface area contributed by atoms with Crippen molar-refractivity contribution in [3.8, 4) is 16.9 Å². The molecule has 3 N–H and O–H groups in total. The molecule has 0 saturated carbocycles. The van der Waals surface area contributed by atoms with E-state index in [-0.39, 0.29) is 16.4 Å². The Morgan fingerprint density at radius 2 is 1.93 bits per heavy atom. The third-order valence-corrected chi connectivity index (χ3v) is 5.37. The summed E-state index contributed by atoms with van der Waals surface area (Å²) in [6.07, 6.45) is 6.01. The van der Waals surface area contributed by atoms with Gasteiger partial charge in [0.2, 0.25) is 0 Å². The lowest BCUT2D eigenvalue weighted by Gasteiger charge is -2.06. The molecule has 1 aliphatic rings. The third-order valence-electron chi connectivity index (χ3n) is 4.73. The number of phenols is 1. The number of carbonyl (C=O) groups is 1. The average molecular weight is 427 g/mol. The SMILES string of the molecule is O=C(O)C1=CCC(Cc2nc3cc(-c4ccccc4O)c(Cl)cc3[nH]2)=CC=C1Cl. The lowest BCUT2D eigenvalue weighted by Crippen LogP contribution is -2.00. The molecule has 29 heavy (non-hydrogen) atoms. The van der Waals surface area contributed by atoms with Crippen molar-refractivity contribution in [3.05, 3.63) is 81.7 Å². The third kappa shape index (κ3) is 3.92. The molecule has 2 aromatic carbocycles. The quantitative estimate of drug-likeness (QED) is 0.506. The van der Waals surface area contributed by atoms with Gasteiger partial charge in [-0.1, -0.05) is 59.1 Å². The normalized spacial score (nSPS) is 14.2. The Morgan fingerprint density at radius 1 is 1.14 bits per heavy atom. The highest BCUT2D eigenvalue weighted by atomic mass is 35.5. The van der Waals surface area contributed by atoms with Gasteiger partial charge >= 0.3 is 5.97 Å². The fraction of sp³-hybridized carbons (Fsp3) is 0.0909. The summed E-state index contributed by atoms with van der Waals surface area (Å²) in [5.74, 6) is -0.165. The molecule has 5 nitrogen and oxygen atoms in total. The number of para-hydroxylation sites is 1. The molecule has 0 amide bonds. The number of allylic oxidation sites excluding steroid dienone is 4. The molecule has 4 rings (SSSR count). The molecule has 0 fully saturated rings. The van der Waals surface area contributed by atoms with Gasteiger partial charge in [-0.3, -0.25) is 0 Å². The monoisotopic (exact) mass is 426 g/mol. The van der Waals surface area contributed by atoms with E-state index in [2.05, 4.69) is 9.97 Å². The van der Waals surface area contributed by atoms with E-state index in [0.717, 1.165) is 22.4 Å². The van der Waals surface area contributed by atoms with Crippen molar-refractivity contribution in [1.29, 1.82) is 0 Å². The molecule has 0 aliphatic heterocycles. The van der Waals surface area contributed by atoms with Crippen LogP contribution in [0.3, 0.4) is 0 Å². The maximum atomic E-state index is 11.2. The van der Waals surface area contributed by atoms with Crippen LogP contribution in [0.1, 0.15) is 12.2 Å². The Kier molecular flexibility index (Phi) is 5.18. The van der Waals surface area contributed by atoms with Gasteiger partial charge in [0.1, 0.15) is 11.6 Å². The predicted molar refractivity (Wildman–Crippen MR) is 114 cm³/mol. The lowest BCUT2D eigenvalue weighted by atomic mass is 10.0. The number of fused-ring (bicyclic) bond motifs is 1. The van der Waals surface area contributed by atoms with Crippen LogP contribution in [-0.2, 0) is 11.2 Å². The van der Waals surface area contributed by atoms with Gasteiger partial charge in [0.15, 0.2) is 0 Å². The first-order chi connectivity index (χ1) is 13.9. The second-order valence-corrected chi connectivity index (χ2v) is 7.51. The Hall–Kier alpha value is -3.02. The molecular formula is C22H16Cl2N2O3. The van der Waals surface area contributed by atoms with Crippen LogP contribution in [0.25, 0.3) is 22.2 Å². The van der Waals surface area contributed by atoms with Crippen LogP contribution in [0.5, 0.6) is 5.75 Å². The minimum absolute atomic E-state index is 0.0987. The van der Waals surface area contributed by atoms with E-state index in [1.807, 2.05) is 18.2 Å². The number of aliphatic carboxylic acids is 1. The first kappa shape index (κ1) is 19.3. The van der Waals surface area contributed by atoms with Crippen LogP contribution in [-0.4, -0.2) is 26.2 Å². The fourth-order valence-corrected chi connectivity index (χ4v) is 3.78. The van der Waals surface area contributed by atoms with Crippen molar-refractivity contribution >= 4 is 40.2 Å². The zero-order chi connectivity index (χ0) is 20.5. The Bertz CT molecular complexity index is 1220. The molecule has 0 radical (unpaired) electrons. The molecule has 1 heterocycles. The summed E-state index contributed by atoms with van der Waals surface area (Å²) in [5.41, 5.74) is 3.93. The number of nitrogens with zero attached hydrogens (tertiary/aromatic N) is 1. The van der Waals surface area contributed by atoms with Crippen LogP contribution < -0.4 is 0 Å². The van der Waals surface area contributed by atoms with Gasteiger partial charge in [-0.2, -0.15) is 0 Å². The van der Waals surface area contributed by atoms with Crippen LogP contribution in [0.2, 0.25) is 5.02 Å². The summed E-state index contributed by atoms with van der Waals surface area (Å²) in [6.45, 7) is 0. The van der Waals surface area contributed by atoms with E-state index in [9.17, 15) is 15.0 Å². The Labute approximate surface area is 176 Å². The van der Waals surface area contributed by atoms with E-state index in [1.165, 1.54) is 0 Å². The smallest absolute Gasteiger partial charge is 0.336 e. The summed E-state index contributed by atoms with van der Waals surface area (Å²) >= 11 is 12.5. The first-order valence-corrected chi connectivity index (χ1v) is 9.63. The van der Waals surface area contributed by atoms with Crippen molar-refractivity contribution in [1.82, 2.24) is 9.97 Å². The average Bonchev–Trinajstić information content (AvgIpc) is 2.96. The summed E-state index contributed by atoms with van der Waals surface area (Å²) in [7, 11) is 0. The Morgan fingerprint density at radius 3 is 2.69 bits per heavy atom. The van der Waals surface area contributed by atoms with Gasteiger partial charge < -0.3 is 15.2 Å². The van der Waals surface area contributed by atoms with Gasteiger partial charge in [-0.05, 0) is 30.7 Å². The molecule has 3 aromatic rings. The first-order valence-electron chi connectivity index (χ1n) is 8.88. The van der Waals surface area contributed by atoms with Gasteiger partial charge in [-0.15, -0.1) is 0 Å². The van der Waals surface area contributed by atoms with Crippen LogP contribution in [0.15, 0.2) is 70.8 Å². The van der Waals surface area contributed by atoms with Crippen molar-refractivity contribution in [3.63, 3.8) is 0 Å². The number of H-pyrrole nitrogens is 1. The van der Waals surface area contributed by atoms with Crippen LogP contribution >= 0.6 is 23.2 Å². The van der Waals surface area contributed by atoms with Crippen molar-refractivity contribution in [2.45, 2.75) is 12.8 Å². The van der Waals surface area contributed by atoms with Crippen LogP contribution in [0, 0.1) is 0 Å². The van der Waals surface area contributed by atoms with Gasteiger partial charge in [0.25, 0.3) is 0 Å². The number of aromatic nitrogens is 2. The molecule has 7 heteroatoms. The maximum absolute atomic E-state index is 11.2. The number of carboxylic acids is 1. The number of hydrogen-bond donors (Lipinski definition) is 3. The minimum atomic E-state index is -1.05. The number of rotatable bonds is 4. The van der Waals surface area contributed by atoms with Gasteiger partial charge in [-0.25, -0.2) is 9.78 Å². The highest BCUT2D eigenvalue weighted by Crippen LogP contribution is 2.36. The molecule has 0 unspecified atom stereocenters. The second-order valence-electron chi connectivity index (χ2n) is 6.69. The number of carboxylic acid groups (broad SMARTS) is 1. The standard InChI is InChI=1S/C22H16Cl2N2O3/c23-16-8-6-12(5-7-14(16)22(28)29)9-21-25-18-10-15(17(24)11-19(18)26-21)13-3-1-2-4-20(13)27/h1-4,6-8,10-11,27H,5,9H2,(H,25,26)(H,28,29). The lowest BCUT2D eigenvalue weighted by molar-refractivity contribution is -0.132. The largest absolute Gasteiger partial charge is 0.507 e. The van der Waals surface area contributed by atoms with E-state index in [0.29, 0.717) is 29.0 Å². The Balaban J connectivity index is 1.65. The van der Waals surface area contributed by atoms with E-state index in [1.54, 1.807) is 36.4 Å². The summed E-state index contributed by atoms with van der Waals surface area (Å²) in [4.78, 5) is 19.1. The number of imidazole rings is 1. The number of phenolic OH excluding ortho intramolecular Hbond substituents is 1. The van der Waals surface area contributed by atoms with Crippen molar-refractivity contribution in [2.75, 3.05) is 0 Å². The molecule has 0 spiro atoms. The van der Waals surface area contributed by atoms with Crippen molar-refractivity contribution < 1.29 is 15.0 Å². The van der Waals surface area contributed by atoms with E-state index >= 15 is 0 Å². The molecule has 0 bridgehead atoms. The summed E-state index contributed by atoms with van der Waals surface area (Å²) in [6, 6.07) is 10.6. The van der Waals surface area contributed by atoms with E-state index in [4.69, 9.17) is 23.2 Å². The molecule has 0 atom stereocenters. The number of hydrogen-bond acceptors (Lipinski definition) is 3. The minimum Gasteiger partial charge on any atom is -0.507 e. The second kappa shape index (κ2) is 7.78. The maximum Gasteiger partial charge on any atom is 0.336 e. The predicted octanol–water partition coefficient (Wildman–Crippen LogP) is 5.60. The molecule has 146 valence electrons. The zero-order valence-electron chi connectivity index (χ0n) is 15.1. The zero-order valence-corrected chi connectivity index (χ0v) is 16.6. The van der Waals surface area contributed by atoms with Crippen molar-refractivity contribution in [2.24, 2.45) is 0 Å². The highest BCUT2D eigenvalue weighted by molar-refractivity contribution is 6.35. The topological polar surface area (TPSA) is 86.2 Å². The van der Waals surface area contributed by atoms with Crippen LogP contribution in [0.4, 0.5) is 0 Å².